The molecular weight excluding hydrogens is 215 g/mol. The second-order valence-corrected chi connectivity index (χ2v) is 6.22. The molecule has 0 heterocycles. The topological polar surface area (TPSA) is 44.8 Å². The Hall–Kier alpha value is 0.110. The molecule has 0 radical (unpaired) electrons. The Bertz CT molecular complexity index is 211. The lowest BCUT2D eigenvalue weighted by Gasteiger charge is -2.35. The second kappa shape index (κ2) is 6.64. The molecule has 92 valence electrons. The van der Waals surface area contributed by atoms with Crippen LogP contribution in [0, 0.1) is 0 Å². The zero-order valence-electron chi connectivity index (χ0n) is 10.4. The third-order valence-corrected chi connectivity index (χ3v) is 5.20. The van der Waals surface area contributed by atoms with Crippen LogP contribution in [0.3, 0.4) is 0 Å². The van der Waals surface area contributed by atoms with Crippen molar-refractivity contribution in [1.82, 2.24) is 0 Å². The Labute approximate surface area is 92.7 Å². The highest BCUT2D eigenvalue weighted by Gasteiger charge is 2.46. The third-order valence-electron chi connectivity index (χ3n) is 2.20. The van der Waals surface area contributed by atoms with E-state index in [0.29, 0.717) is 26.0 Å². The van der Waals surface area contributed by atoms with Gasteiger partial charge in [-0.1, -0.05) is 6.92 Å². The first kappa shape index (κ1) is 15.1. The summed E-state index contributed by atoms with van der Waals surface area (Å²) in [6, 6.07) is 0. The van der Waals surface area contributed by atoms with Crippen LogP contribution in [0.2, 0.25) is 0 Å². The van der Waals surface area contributed by atoms with Gasteiger partial charge in [0, 0.05) is 19.4 Å². The van der Waals surface area contributed by atoms with Crippen molar-refractivity contribution in [1.29, 1.82) is 0 Å². The monoisotopic (exact) mass is 238 g/mol. The molecule has 0 aromatic heterocycles. The summed E-state index contributed by atoms with van der Waals surface area (Å²) in [6.07, 6.45) is 0.414. The van der Waals surface area contributed by atoms with Crippen LogP contribution in [0.25, 0.3) is 0 Å². The van der Waals surface area contributed by atoms with E-state index in [-0.39, 0.29) is 0 Å². The van der Waals surface area contributed by atoms with Crippen LogP contribution in [-0.2, 0) is 18.6 Å². The molecular formula is C10H23O4P. The quantitative estimate of drug-likeness (QED) is 0.481. The SMILES string of the molecule is CCOC(C)(OCC)P(=O)(CC)OCC. The van der Waals surface area contributed by atoms with Crippen LogP contribution in [0.1, 0.15) is 34.6 Å². The Balaban J connectivity index is 4.91. The second-order valence-electron chi connectivity index (χ2n) is 3.17. The lowest BCUT2D eigenvalue weighted by molar-refractivity contribution is -0.167. The molecule has 0 aliphatic rings. The summed E-state index contributed by atoms with van der Waals surface area (Å²) in [7, 11) is -2.90. The third kappa shape index (κ3) is 3.56. The van der Waals surface area contributed by atoms with Crippen molar-refractivity contribution in [3.63, 3.8) is 0 Å². The van der Waals surface area contributed by atoms with E-state index in [1.54, 1.807) is 6.92 Å². The largest absolute Gasteiger partial charge is 0.342 e. The van der Waals surface area contributed by atoms with Crippen LogP contribution in [-0.4, -0.2) is 31.5 Å². The predicted octanol–water partition coefficient (Wildman–Crippen LogP) is 3.07. The van der Waals surface area contributed by atoms with E-state index in [1.807, 2.05) is 27.7 Å². The van der Waals surface area contributed by atoms with Gasteiger partial charge in [0.1, 0.15) is 0 Å². The Morgan fingerprint density at radius 1 is 1.00 bits per heavy atom. The van der Waals surface area contributed by atoms with Crippen molar-refractivity contribution in [3.05, 3.63) is 0 Å². The summed E-state index contributed by atoms with van der Waals surface area (Å²) >= 11 is 0. The molecule has 1 unspecified atom stereocenters. The van der Waals surface area contributed by atoms with Crippen molar-refractivity contribution >= 4 is 7.37 Å². The predicted molar refractivity (Wildman–Crippen MR) is 61.4 cm³/mol. The molecule has 5 heteroatoms. The highest BCUT2D eigenvalue weighted by Crippen LogP contribution is 2.59. The zero-order chi connectivity index (χ0) is 11.9. The van der Waals surface area contributed by atoms with Crippen LogP contribution < -0.4 is 0 Å². The fourth-order valence-corrected chi connectivity index (χ4v) is 3.54. The van der Waals surface area contributed by atoms with Crippen molar-refractivity contribution < 1.29 is 18.6 Å². The van der Waals surface area contributed by atoms with E-state index in [0.717, 1.165) is 0 Å². The van der Waals surface area contributed by atoms with Gasteiger partial charge in [0.25, 0.3) is 7.37 Å². The van der Waals surface area contributed by atoms with Gasteiger partial charge in [-0.3, -0.25) is 4.57 Å². The number of ether oxygens (including phenoxy) is 2. The molecule has 0 N–H and O–H groups in total. The summed E-state index contributed by atoms with van der Waals surface area (Å²) in [4.78, 5) is 0. The molecule has 0 fully saturated rings. The maximum Gasteiger partial charge on any atom is 0.260 e. The Kier molecular flexibility index (Phi) is 6.69. The maximum absolute atomic E-state index is 12.5. The standard InChI is InChI=1S/C10H23O4P/c1-6-12-10(5,13-7-2)15(11,9-4)14-8-3/h6-9H2,1-5H3. The first-order valence-corrected chi connectivity index (χ1v) is 7.32. The summed E-state index contributed by atoms with van der Waals surface area (Å²) in [5.41, 5.74) is -1.11. The van der Waals surface area contributed by atoms with E-state index < -0.39 is 12.9 Å². The molecule has 0 amide bonds. The van der Waals surface area contributed by atoms with Gasteiger partial charge in [-0.2, -0.15) is 0 Å². The average molecular weight is 238 g/mol. The van der Waals surface area contributed by atoms with Crippen molar-refractivity contribution in [3.8, 4) is 0 Å². The molecule has 0 bridgehead atoms. The molecule has 0 aliphatic carbocycles. The summed E-state index contributed by atoms with van der Waals surface area (Å²) in [6.45, 7) is 10.3. The first-order chi connectivity index (χ1) is 6.99. The van der Waals surface area contributed by atoms with Gasteiger partial charge in [-0.15, -0.1) is 0 Å². The van der Waals surface area contributed by atoms with Gasteiger partial charge in [0.2, 0.25) is 5.53 Å². The van der Waals surface area contributed by atoms with Gasteiger partial charge in [-0.05, 0) is 27.7 Å². The summed E-state index contributed by atoms with van der Waals surface area (Å²) < 4.78 is 28.8. The molecule has 0 saturated heterocycles. The fraction of sp³-hybridized carbons (Fsp3) is 1.00. The van der Waals surface area contributed by atoms with E-state index in [2.05, 4.69) is 0 Å². The van der Waals surface area contributed by atoms with Gasteiger partial charge in [0.15, 0.2) is 0 Å². The highest BCUT2D eigenvalue weighted by molar-refractivity contribution is 7.60. The smallest absolute Gasteiger partial charge is 0.260 e. The molecule has 0 rings (SSSR count). The Morgan fingerprint density at radius 3 is 1.73 bits per heavy atom. The van der Waals surface area contributed by atoms with Gasteiger partial charge in [-0.25, -0.2) is 0 Å². The average Bonchev–Trinajstić information content (AvgIpc) is 2.18. The Morgan fingerprint density at radius 2 is 1.47 bits per heavy atom. The first-order valence-electron chi connectivity index (χ1n) is 5.51. The molecule has 0 aromatic carbocycles. The zero-order valence-corrected chi connectivity index (χ0v) is 11.3. The fourth-order valence-electron chi connectivity index (χ4n) is 1.48. The molecule has 0 spiro atoms. The molecule has 0 aliphatic heterocycles. The van der Waals surface area contributed by atoms with E-state index in [1.165, 1.54) is 0 Å². The van der Waals surface area contributed by atoms with E-state index in [9.17, 15) is 4.57 Å². The van der Waals surface area contributed by atoms with Gasteiger partial charge >= 0.3 is 0 Å². The van der Waals surface area contributed by atoms with E-state index >= 15 is 0 Å². The van der Waals surface area contributed by atoms with Crippen molar-refractivity contribution in [2.75, 3.05) is 26.0 Å². The highest BCUT2D eigenvalue weighted by atomic mass is 31.2. The molecule has 0 aromatic rings. The van der Waals surface area contributed by atoms with Gasteiger partial charge in [0.05, 0.1) is 6.61 Å². The molecule has 15 heavy (non-hydrogen) atoms. The van der Waals surface area contributed by atoms with Crippen LogP contribution in [0.4, 0.5) is 0 Å². The number of rotatable bonds is 8. The number of hydrogen-bond donors (Lipinski definition) is 0. The minimum absolute atomic E-state index is 0.404. The summed E-state index contributed by atoms with van der Waals surface area (Å²) in [5.74, 6) is 0. The van der Waals surface area contributed by atoms with Crippen molar-refractivity contribution in [2.45, 2.75) is 40.1 Å². The van der Waals surface area contributed by atoms with Crippen molar-refractivity contribution in [2.24, 2.45) is 0 Å². The number of hydrogen-bond acceptors (Lipinski definition) is 4. The lowest BCUT2D eigenvalue weighted by Crippen LogP contribution is -2.34. The maximum atomic E-state index is 12.5. The molecule has 0 saturated carbocycles. The van der Waals surface area contributed by atoms with E-state index in [4.69, 9.17) is 14.0 Å². The summed E-state index contributed by atoms with van der Waals surface area (Å²) in [5, 5.41) is 0. The van der Waals surface area contributed by atoms with Crippen LogP contribution in [0.15, 0.2) is 0 Å². The minimum atomic E-state index is -2.90. The molecule has 1 atom stereocenters. The lowest BCUT2D eigenvalue weighted by atomic mass is 10.7. The van der Waals surface area contributed by atoms with Gasteiger partial charge < -0.3 is 14.0 Å². The minimum Gasteiger partial charge on any atom is -0.342 e. The van der Waals surface area contributed by atoms with Crippen LogP contribution in [0.5, 0.6) is 0 Å². The molecule has 4 nitrogen and oxygen atoms in total. The normalized spacial score (nSPS) is 16.3. The van der Waals surface area contributed by atoms with Crippen LogP contribution >= 0.6 is 7.37 Å².